The molecule has 0 saturated carbocycles. The predicted molar refractivity (Wildman–Crippen MR) is 104 cm³/mol. The number of nitrogens with one attached hydrogen (secondary N) is 2. The van der Waals surface area contributed by atoms with Gasteiger partial charge < -0.3 is 15.5 Å². The zero-order valence-electron chi connectivity index (χ0n) is 14.2. The summed E-state index contributed by atoms with van der Waals surface area (Å²) in [5.74, 6) is -1.03. The van der Waals surface area contributed by atoms with Crippen LogP contribution >= 0.6 is 23.2 Å². The van der Waals surface area contributed by atoms with Crippen LogP contribution in [0.3, 0.4) is 0 Å². The minimum absolute atomic E-state index is 0.218. The van der Waals surface area contributed by atoms with Crippen LogP contribution in [-0.2, 0) is 14.4 Å². The molecule has 3 amide bonds. The number of carbonyl (C=O) groups excluding carboxylic acids is 3. The molecule has 2 rings (SSSR count). The third-order valence-electron chi connectivity index (χ3n) is 3.36. The van der Waals surface area contributed by atoms with Gasteiger partial charge in [0.1, 0.15) is 6.54 Å². The topological polar surface area (TPSA) is 78.5 Å². The van der Waals surface area contributed by atoms with E-state index >= 15 is 0 Å². The van der Waals surface area contributed by atoms with Gasteiger partial charge in [-0.2, -0.15) is 0 Å². The highest BCUT2D eigenvalue weighted by Crippen LogP contribution is 2.33. The van der Waals surface area contributed by atoms with E-state index in [2.05, 4.69) is 10.6 Å². The molecule has 0 radical (unpaired) electrons. The number of rotatable bonds is 5. The van der Waals surface area contributed by atoms with E-state index in [4.69, 9.17) is 23.2 Å². The summed E-state index contributed by atoms with van der Waals surface area (Å²) < 4.78 is 0. The van der Waals surface area contributed by atoms with Crippen LogP contribution in [0.15, 0.2) is 42.5 Å². The van der Waals surface area contributed by atoms with Crippen LogP contribution in [0.1, 0.15) is 13.8 Å². The van der Waals surface area contributed by atoms with Gasteiger partial charge in [-0.05, 0) is 30.3 Å². The van der Waals surface area contributed by atoms with E-state index in [1.54, 1.807) is 42.5 Å². The summed E-state index contributed by atoms with van der Waals surface area (Å²) in [5.41, 5.74) is 1.31. The van der Waals surface area contributed by atoms with Gasteiger partial charge in [-0.3, -0.25) is 14.4 Å². The second kappa shape index (κ2) is 8.69. The molecule has 0 aliphatic carbocycles. The number of hydrogen-bond acceptors (Lipinski definition) is 3. The van der Waals surface area contributed by atoms with Crippen LogP contribution in [0.4, 0.5) is 17.1 Å². The van der Waals surface area contributed by atoms with Crippen molar-refractivity contribution in [2.75, 3.05) is 22.1 Å². The van der Waals surface area contributed by atoms with Crippen molar-refractivity contribution in [1.29, 1.82) is 0 Å². The number of halogens is 2. The molecule has 0 aliphatic rings. The molecule has 0 aromatic heterocycles. The van der Waals surface area contributed by atoms with Gasteiger partial charge in [-0.25, -0.2) is 0 Å². The Morgan fingerprint density at radius 2 is 1.46 bits per heavy atom. The van der Waals surface area contributed by atoms with Crippen molar-refractivity contribution in [3.63, 3.8) is 0 Å². The Balaban J connectivity index is 2.16. The number of benzene rings is 2. The quantitative estimate of drug-likeness (QED) is 0.806. The molecule has 136 valence electrons. The number of nitrogens with zero attached hydrogens (tertiary/aromatic N) is 1. The Bertz CT molecular complexity index is 835. The molecule has 26 heavy (non-hydrogen) atoms. The van der Waals surface area contributed by atoms with Crippen molar-refractivity contribution in [1.82, 2.24) is 0 Å². The van der Waals surface area contributed by atoms with Gasteiger partial charge in [-0.15, -0.1) is 0 Å². The number of anilines is 3. The van der Waals surface area contributed by atoms with Crippen LogP contribution < -0.4 is 15.5 Å². The van der Waals surface area contributed by atoms with Crippen LogP contribution in [0.25, 0.3) is 0 Å². The van der Waals surface area contributed by atoms with Crippen molar-refractivity contribution < 1.29 is 14.4 Å². The molecule has 0 bridgehead atoms. The Kier molecular flexibility index (Phi) is 6.60. The number of amides is 3. The lowest BCUT2D eigenvalue weighted by Crippen LogP contribution is -2.37. The van der Waals surface area contributed by atoms with Gasteiger partial charge in [0.05, 0.1) is 15.7 Å². The SMILES string of the molecule is CC(=O)Nc1cccc(NC(=O)CN(C(C)=O)c2c(Cl)cccc2Cl)c1. The molecule has 0 atom stereocenters. The van der Waals surface area contributed by atoms with Gasteiger partial charge in [0.2, 0.25) is 17.7 Å². The molecule has 2 N–H and O–H groups in total. The minimum atomic E-state index is -0.434. The lowest BCUT2D eigenvalue weighted by atomic mass is 10.2. The van der Waals surface area contributed by atoms with Crippen molar-refractivity contribution >= 4 is 58.0 Å². The summed E-state index contributed by atoms with van der Waals surface area (Å²) in [6.45, 7) is 2.46. The first kappa shape index (κ1) is 19.8. The second-order valence-electron chi connectivity index (χ2n) is 5.49. The van der Waals surface area contributed by atoms with Crippen LogP contribution in [-0.4, -0.2) is 24.3 Å². The number of carbonyl (C=O) groups is 3. The van der Waals surface area contributed by atoms with E-state index in [1.807, 2.05) is 0 Å². The average Bonchev–Trinajstić information content (AvgIpc) is 2.53. The maximum absolute atomic E-state index is 12.4. The Labute approximate surface area is 161 Å². The summed E-state index contributed by atoms with van der Waals surface area (Å²) in [6.07, 6.45) is 0. The Hall–Kier alpha value is -2.57. The fourth-order valence-electron chi connectivity index (χ4n) is 2.32. The molecule has 2 aromatic rings. The predicted octanol–water partition coefficient (Wildman–Crippen LogP) is 3.94. The summed E-state index contributed by atoms with van der Waals surface area (Å²) in [5, 5.41) is 5.85. The minimum Gasteiger partial charge on any atom is -0.326 e. The van der Waals surface area contributed by atoms with E-state index in [0.717, 1.165) is 0 Å². The van der Waals surface area contributed by atoms with Crippen LogP contribution in [0, 0.1) is 0 Å². The van der Waals surface area contributed by atoms with Gasteiger partial charge in [0.15, 0.2) is 0 Å². The molecule has 8 heteroatoms. The van der Waals surface area contributed by atoms with Gasteiger partial charge >= 0.3 is 0 Å². The van der Waals surface area contributed by atoms with E-state index in [1.165, 1.54) is 18.7 Å². The highest BCUT2D eigenvalue weighted by Gasteiger charge is 2.21. The normalized spacial score (nSPS) is 10.2. The highest BCUT2D eigenvalue weighted by atomic mass is 35.5. The van der Waals surface area contributed by atoms with E-state index < -0.39 is 5.91 Å². The zero-order valence-corrected chi connectivity index (χ0v) is 15.7. The molecule has 0 heterocycles. The van der Waals surface area contributed by atoms with Crippen molar-refractivity contribution in [3.05, 3.63) is 52.5 Å². The van der Waals surface area contributed by atoms with Crippen LogP contribution in [0.5, 0.6) is 0 Å². The number of para-hydroxylation sites is 1. The average molecular weight is 394 g/mol. The lowest BCUT2D eigenvalue weighted by molar-refractivity contribution is -0.120. The molecule has 0 spiro atoms. The van der Waals surface area contributed by atoms with Gasteiger partial charge in [0, 0.05) is 25.2 Å². The Morgan fingerprint density at radius 3 is 2.00 bits per heavy atom. The molecule has 0 aliphatic heterocycles. The van der Waals surface area contributed by atoms with Crippen LogP contribution in [0.2, 0.25) is 10.0 Å². The molecule has 2 aromatic carbocycles. The fraction of sp³-hybridized carbons (Fsp3) is 0.167. The fourth-order valence-corrected chi connectivity index (χ4v) is 2.92. The molecule has 0 unspecified atom stereocenters. The smallest absolute Gasteiger partial charge is 0.244 e. The summed E-state index contributed by atoms with van der Waals surface area (Å²) >= 11 is 12.3. The third kappa shape index (κ3) is 5.21. The number of hydrogen-bond donors (Lipinski definition) is 2. The van der Waals surface area contributed by atoms with Crippen molar-refractivity contribution in [3.8, 4) is 0 Å². The molecular formula is C18H17Cl2N3O3. The third-order valence-corrected chi connectivity index (χ3v) is 3.97. The molecule has 0 saturated heterocycles. The summed E-state index contributed by atoms with van der Waals surface area (Å²) in [6, 6.07) is 11.5. The lowest BCUT2D eigenvalue weighted by Gasteiger charge is -2.23. The largest absolute Gasteiger partial charge is 0.326 e. The van der Waals surface area contributed by atoms with Gasteiger partial charge in [-0.1, -0.05) is 35.3 Å². The summed E-state index contributed by atoms with van der Waals surface area (Å²) in [4.78, 5) is 36.7. The molecule has 0 fully saturated rings. The maximum Gasteiger partial charge on any atom is 0.244 e. The molecule has 6 nitrogen and oxygen atoms in total. The maximum atomic E-state index is 12.4. The first-order valence-electron chi connectivity index (χ1n) is 7.67. The van der Waals surface area contributed by atoms with E-state index in [9.17, 15) is 14.4 Å². The highest BCUT2D eigenvalue weighted by molar-refractivity contribution is 6.40. The first-order chi connectivity index (χ1) is 12.3. The standard InChI is InChI=1S/C18H17Cl2N3O3/c1-11(24)21-13-5-3-6-14(9-13)22-17(26)10-23(12(2)25)18-15(19)7-4-8-16(18)20/h3-9H,10H2,1-2H3,(H,21,24)(H,22,26). The Morgan fingerprint density at radius 1 is 0.923 bits per heavy atom. The van der Waals surface area contributed by atoms with Gasteiger partial charge in [0.25, 0.3) is 0 Å². The zero-order chi connectivity index (χ0) is 19.3. The second-order valence-corrected chi connectivity index (χ2v) is 6.30. The van der Waals surface area contributed by atoms with Crippen molar-refractivity contribution in [2.24, 2.45) is 0 Å². The van der Waals surface area contributed by atoms with E-state index in [-0.39, 0.29) is 34.1 Å². The van der Waals surface area contributed by atoms with E-state index in [0.29, 0.717) is 11.4 Å². The summed E-state index contributed by atoms with van der Waals surface area (Å²) in [7, 11) is 0. The molecular weight excluding hydrogens is 377 g/mol. The first-order valence-corrected chi connectivity index (χ1v) is 8.43. The van der Waals surface area contributed by atoms with Crippen molar-refractivity contribution in [2.45, 2.75) is 13.8 Å². The monoisotopic (exact) mass is 393 g/mol.